The number of guanidine groups is 1. The first-order valence-electron chi connectivity index (χ1n) is 8.85. The van der Waals surface area contributed by atoms with Crippen molar-refractivity contribution < 1.29 is 24.2 Å². The molecule has 3 atom stereocenters. The molecule has 10 heteroatoms. The van der Waals surface area contributed by atoms with Crippen LogP contribution in [-0.2, 0) is 19.1 Å². The predicted octanol–water partition coefficient (Wildman–Crippen LogP) is -0.230. The summed E-state index contributed by atoms with van der Waals surface area (Å²) in [5.74, 6) is 0.556. The van der Waals surface area contributed by atoms with E-state index >= 15 is 0 Å². The van der Waals surface area contributed by atoms with Crippen LogP contribution in [0.4, 0.5) is 0 Å². The quantitative estimate of drug-likeness (QED) is 0.331. The molecule has 1 saturated heterocycles. The van der Waals surface area contributed by atoms with E-state index in [1.54, 1.807) is 32.5 Å². The minimum Gasteiger partial charge on any atom is -0.455 e. The van der Waals surface area contributed by atoms with Crippen molar-refractivity contribution in [3.05, 3.63) is 11.3 Å². The number of hydrogen-bond donors (Lipinski definition) is 3. The van der Waals surface area contributed by atoms with Crippen LogP contribution in [0.15, 0.2) is 16.3 Å². The van der Waals surface area contributed by atoms with Gasteiger partial charge < -0.3 is 25.2 Å². The molecule has 3 rings (SSSR count). The van der Waals surface area contributed by atoms with Crippen LogP contribution in [0.1, 0.15) is 27.7 Å². The molecular formula is C17H26N4O5S. The van der Waals surface area contributed by atoms with Gasteiger partial charge in [-0.25, -0.2) is 4.79 Å². The summed E-state index contributed by atoms with van der Waals surface area (Å²) in [5.41, 5.74) is 0.576. The molecule has 0 aromatic heterocycles. The molecule has 9 nitrogen and oxygen atoms in total. The van der Waals surface area contributed by atoms with E-state index in [4.69, 9.17) is 14.6 Å². The number of aliphatic hydroxyl groups excluding tert-OH is 1. The average molecular weight is 398 g/mol. The van der Waals surface area contributed by atoms with Crippen LogP contribution in [0.3, 0.4) is 0 Å². The number of aliphatic hydroxyl groups is 1. The Kier molecular flexibility index (Phi) is 5.68. The Hall–Kier alpha value is -1.78. The zero-order valence-corrected chi connectivity index (χ0v) is 16.8. The molecule has 1 fully saturated rings. The SMILES string of the molecule is CC1=C(C(=O)OC(C)(C)C)N2C(=O)C(NC3=NCC(COCO)N3)[C@H]2SC1. The molecule has 0 bridgehead atoms. The summed E-state index contributed by atoms with van der Waals surface area (Å²) in [6, 6.07) is -0.492. The van der Waals surface area contributed by atoms with Crippen LogP contribution in [0.25, 0.3) is 0 Å². The molecular weight excluding hydrogens is 372 g/mol. The minimum absolute atomic E-state index is 0.0376. The molecule has 3 heterocycles. The molecule has 0 aliphatic carbocycles. The number of esters is 1. The lowest BCUT2D eigenvalue weighted by molar-refractivity contribution is -0.158. The monoisotopic (exact) mass is 398 g/mol. The highest BCUT2D eigenvalue weighted by Gasteiger charge is 2.54. The summed E-state index contributed by atoms with van der Waals surface area (Å²) in [4.78, 5) is 31.2. The van der Waals surface area contributed by atoms with Gasteiger partial charge in [-0.05, 0) is 33.3 Å². The van der Waals surface area contributed by atoms with Crippen LogP contribution < -0.4 is 10.6 Å². The molecule has 3 N–H and O–H groups in total. The maximum absolute atomic E-state index is 12.7. The Balaban J connectivity index is 1.63. The second-order valence-corrected chi connectivity index (χ2v) is 8.80. The number of ether oxygens (including phenoxy) is 2. The minimum atomic E-state index is -0.621. The highest BCUT2D eigenvalue weighted by atomic mass is 32.2. The van der Waals surface area contributed by atoms with Gasteiger partial charge in [-0.1, -0.05) is 0 Å². The van der Waals surface area contributed by atoms with Gasteiger partial charge in [0, 0.05) is 5.75 Å². The normalized spacial score (nSPS) is 27.6. The second kappa shape index (κ2) is 7.69. The Morgan fingerprint density at radius 3 is 2.89 bits per heavy atom. The second-order valence-electron chi connectivity index (χ2n) is 7.69. The third kappa shape index (κ3) is 4.22. The number of aliphatic imine (C=N–C) groups is 1. The highest BCUT2D eigenvalue weighted by molar-refractivity contribution is 8.00. The van der Waals surface area contributed by atoms with Crippen molar-refractivity contribution in [1.82, 2.24) is 15.5 Å². The first kappa shape index (κ1) is 20.0. The smallest absolute Gasteiger partial charge is 0.355 e. The number of β-lactam (4-membered cyclic amide) rings is 1. The lowest BCUT2D eigenvalue weighted by atomic mass is 10.0. The topological polar surface area (TPSA) is 112 Å². The van der Waals surface area contributed by atoms with Crippen LogP contribution in [0.5, 0.6) is 0 Å². The largest absolute Gasteiger partial charge is 0.455 e. The molecule has 2 unspecified atom stereocenters. The maximum Gasteiger partial charge on any atom is 0.355 e. The summed E-state index contributed by atoms with van der Waals surface area (Å²) in [6.45, 7) is 7.77. The average Bonchev–Trinajstić information content (AvgIpc) is 3.03. The zero-order chi connectivity index (χ0) is 19.8. The summed E-state index contributed by atoms with van der Waals surface area (Å²) in [5, 5.41) is 14.8. The number of thioether (sulfide) groups is 1. The van der Waals surface area contributed by atoms with E-state index in [1.165, 1.54) is 4.90 Å². The summed E-state index contributed by atoms with van der Waals surface area (Å²) < 4.78 is 10.4. The van der Waals surface area contributed by atoms with Crippen molar-refractivity contribution in [1.29, 1.82) is 0 Å². The highest BCUT2D eigenvalue weighted by Crippen LogP contribution is 2.40. The number of nitrogens with one attached hydrogen (secondary N) is 2. The van der Waals surface area contributed by atoms with Crippen LogP contribution in [0, 0.1) is 0 Å². The van der Waals surface area contributed by atoms with E-state index in [2.05, 4.69) is 15.6 Å². The van der Waals surface area contributed by atoms with E-state index in [-0.39, 0.29) is 24.1 Å². The Labute approximate surface area is 162 Å². The van der Waals surface area contributed by atoms with Crippen molar-refractivity contribution >= 4 is 29.6 Å². The number of carbonyl (C=O) groups excluding carboxylic acids is 2. The van der Waals surface area contributed by atoms with Crippen molar-refractivity contribution in [2.75, 3.05) is 25.7 Å². The number of nitrogens with zero attached hydrogens (tertiary/aromatic N) is 2. The van der Waals surface area contributed by atoms with E-state index in [1.807, 2.05) is 6.92 Å². The summed E-state index contributed by atoms with van der Waals surface area (Å²) in [7, 11) is 0. The standard InChI is InChI=1S/C17H26N4O5S/c1-9-7-27-14-11(20-16-18-5-10(19-16)6-25-8-22)13(23)21(14)12(9)15(24)26-17(2,3)4/h10-11,14,22H,5-8H2,1-4H3,(H2,18,19,20)/t10?,11?,14-/m1/s1. The van der Waals surface area contributed by atoms with Crippen molar-refractivity contribution in [2.45, 2.75) is 50.8 Å². The lowest BCUT2D eigenvalue weighted by Gasteiger charge is -2.50. The third-order valence-corrected chi connectivity index (χ3v) is 5.69. The van der Waals surface area contributed by atoms with Gasteiger partial charge >= 0.3 is 5.97 Å². The van der Waals surface area contributed by atoms with Gasteiger partial charge in [0.25, 0.3) is 5.91 Å². The third-order valence-electron chi connectivity index (χ3n) is 4.26. The van der Waals surface area contributed by atoms with Crippen LogP contribution in [0.2, 0.25) is 0 Å². The van der Waals surface area contributed by atoms with Crippen molar-refractivity contribution in [3.8, 4) is 0 Å². The number of hydrogen-bond acceptors (Lipinski definition) is 9. The van der Waals surface area contributed by atoms with Crippen molar-refractivity contribution in [2.24, 2.45) is 4.99 Å². The maximum atomic E-state index is 12.7. The number of amides is 1. The molecule has 150 valence electrons. The Morgan fingerprint density at radius 1 is 1.48 bits per heavy atom. The molecule has 0 aromatic rings. The van der Waals surface area contributed by atoms with Crippen molar-refractivity contribution in [3.63, 3.8) is 0 Å². The first-order chi connectivity index (χ1) is 12.7. The number of rotatable bonds is 5. The molecule has 0 aromatic carbocycles. The lowest BCUT2D eigenvalue weighted by Crippen LogP contribution is -2.71. The molecule has 3 aliphatic rings. The number of fused-ring (bicyclic) bond motifs is 1. The predicted molar refractivity (Wildman–Crippen MR) is 101 cm³/mol. The van der Waals surface area contributed by atoms with Gasteiger partial charge in [0.05, 0.1) is 19.2 Å². The molecule has 0 radical (unpaired) electrons. The number of carbonyl (C=O) groups is 2. The zero-order valence-electron chi connectivity index (χ0n) is 15.9. The van der Waals surface area contributed by atoms with E-state index in [0.717, 1.165) is 5.57 Å². The summed E-state index contributed by atoms with van der Waals surface area (Å²) >= 11 is 1.61. The molecule has 1 amide bonds. The Bertz CT molecular complexity index is 687. The Morgan fingerprint density at radius 2 is 2.22 bits per heavy atom. The molecule has 3 aliphatic heterocycles. The fraction of sp³-hybridized carbons (Fsp3) is 0.706. The van der Waals surface area contributed by atoms with Gasteiger partial charge in [0.15, 0.2) is 5.96 Å². The van der Waals surface area contributed by atoms with Gasteiger partial charge in [0.2, 0.25) is 0 Å². The molecule has 27 heavy (non-hydrogen) atoms. The first-order valence-corrected chi connectivity index (χ1v) is 9.90. The molecule has 0 saturated carbocycles. The van der Waals surface area contributed by atoms with E-state index < -0.39 is 17.6 Å². The fourth-order valence-electron chi connectivity index (χ4n) is 3.10. The van der Waals surface area contributed by atoms with Gasteiger partial charge in [-0.15, -0.1) is 11.8 Å². The van der Waals surface area contributed by atoms with Gasteiger partial charge in [-0.2, -0.15) is 0 Å². The van der Waals surface area contributed by atoms with Gasteiger partial charge in [-0.3, -0.25) is 14.7 Å². The summed E-state index contributed by atoms with van der Waals surface area (Å²) in [6.07, 6.45) is 0. The fourth-order valence-corrected chi connectivity index (χ4v) is 4.39. The van der Waals surface area contributed by atoms with Crippen LogP contribution >= 0.6 is 11.8 Å². The van der Waals surface area contributed by atoms with E-state index in [9.17, 15) is 9.59 Å². The van der Waals surface area contributed by atoms with Crippen LogP contribution in [-0.4, -0.2) is 76.6 Å². The van der Waals surface area contributed by atoms with E-state index in [0.29, 0.717) is 30.6 Å². The molecule has 0 spiro atoms. The van der Waals surface area contributed by atoms with Gasteiger partial charge in [0.1, 0.15) is 29.5 Å².